The minimum absolute atomic E-state index is 0. The third-order valence-corrected chi connectivity index (χ3v) is 5.52. The van der Waals surface area contributed by atoms with Gasteiger partial charge in [0.25, 0.3) is 0 Å². The first-order valence-corrected chi connectivity index (χ1v) is 10.6. The summed E-state index contributed by atoms with van der Waals surface area (Å²) in [4.78, 5) is 4.31. The van der Waals surface area contributed by atoms with Crippen molar-refractivity contribution in [3.63, 3.8) is 0 Å². The number of rotatable bonds is 11. The maximum Gasteiger partial charge on any atom is 0.411 e. The average Bonchev–Trinajstić information content (AvgIpc) is 3.17. The molecule has 2 N–H and O–H groups in total. The molecule has 31 heavy (non-hydrogen) atoms. The van der Waals surface area contributed by atoms with Crippen LogP contribution in [0.4, 0.5) is 13.2 Å². The minimum Gasteiger partial charge on any atom is -0.382 e. The number of hydrogen-bond donors (Lipinski definition) is 2. The molecule has 0 aromatic heterocycles. The molecule has 0 amide bonds. The molecule has 0 bridgehead atoms. The van der Waals surface area contributed by atoms with Crippen molar-refractivity contribution in [2.75, 3.05) is 33.4 Å². The van der Waals surface area contributed by atoms with E-state index < -0.39 is 12.8 Å². The Morgan fingerprint density at radius 1 is 1.06 bits per heavy atom. The number of halogens is 4. The zero-order valence-electron chi connectivity index (χ0n) is 18.4. The van der Waals surface area contributed by atoms with Crippen molar-refractivity contribution in [2.24, 2.45) is 10.4 Å². The van der Waals surface area contributed by atoms with Crippen molar-refractivity contribution < 1.29 is 22.6 Å². The van der Waals surface area contributed by atoms with Gasteiger partial charge in [-0.25, -0.2) is 0 Å². The SMILES string of the molecule is CCOCCC1(CNC(=NC)NCc2ccc(COCC(F)(F)F)cc2)CCCC1.I. The fourth-order valence-electron chi connectivity index (χ4n) is 3.79. The molecule has 1 aliphatic rings. The summed E-state index contributed by atoms with van der Waals surface area (Å²) in [5.41, 5.74) is 2.00. The highest BCUT2D eigenvalue weighted by Crippen LogP contribution is 2.40. The Labute approximate surface area is 200 Å². The van der Waals surface area contributed by atoms with Gasteiger partial charge in [-0.15, -0.1) is 24.0 Å². The lowest BCUT2D eigenvalue weighted by molar-refractivity contribution is -0.176. The van der Waals surface area contributed by atoms with Gasteiger partial charge in [0.1, 0.15) is 6.61 Å². The van der Waals surface area contributed by atoms with Crippen LogP contribution >= 0.6 is 24.0 Å². The van der Waals surface area contributed by atoms with E-state index in [2.05, 4.69) is 20.4 Å². The van der Waals surface area contributed by atoms with Crippen molar-refractivity contribution in [2.45, 2.75) is 58.4 Å². The smallest absolute Gasteiger partial charge is 0.382 e. The molecule has 0 saturated heterocycles. The van der Waals surface area contributed by atoms with E-state index >= 15 is 0 Å². The highest BCUT2D eigenvalue weighted by Gasteiger charge is 2.33. The van der Waals surface area contributed by atoms with Crippen LogP contribution in [0.5, 0.6) is 0 Å². The molecule has 178 valence electrons. The maximum atomic E-state index is 12.1. The van der Waals surface area contributed by atoms with E-state index in [-0.39, 0.29) is 36.0 Å². The van der Waals surface area contributed by atoms with E-state index in [9.17, 15) is 13.2 Å². The molecule has 0 unspecified atom stereocenters. The number of nitrogens with zero attached hydrogens (tertiary/aromatic N) is 1. The number of benzene rings is 1. The summed E-state index contributed by atoms with van der Waals surface area (Å²) in [5, 5.41) is 6.76. The van der Waals surface area contributed by atoms with Crippen LogP contribution in [0.15, 0.2) is 29.3 Å². The summed E-state index contributed by atoms with van der Waals surface area (Å²) in [5.74, 6) is 0.746. The summed E-state index contributed by atoms with van der Waals surface area (Å²) < 4.78 is 46.7. The lowest BCUT2D eigenvalue weighted by Crippen LogP contribution is -2.43. The highest BCUT2D eigenvalue weighted by molar-refractivity contribution is 14.0. The van der Waals surface area contributed by atoms with Crippen LogP contribution < -0.4 is 10.6 Å². The van der Waals surface area contributed by atoms with E-state index in [0.29, 0.717) is 12.1 Å². The first-order valence-electron chi connectivity index (χ1n) is 10.6. The largest absolute Gasteiger partial charge is 0.411 e. The third kappa shape index (κ3) is 10.9. The lowest BCUT2D eigenvalue weighted by atomic mass is 9.83. The second kappa shape index (κ2) is 14.2. The van der Waals surface area contributed by atoms with Crippen molar-refractivity contribution in [1.29, 1.82) is 0 Å². The number of hydrogen-bond acceptors (Lipinski definition) is 3. The van der Waals surface area contributed by atoms with Crippen molar-refractivity contribution in [3.05, 3.63) is 35.4 Å². The molecule has 1 fully saturated rings. The normalized spacial score (nSPS) is 16.1. The molecular formula is C22H35F3IN3O2. The van der Waals surface area contributed by atoms with Crippen LogP contribution in [0.25, 0.3) is 0 Å². The number of guanidine groups is 1. The number of ether oxygens (including phenoxy) is 2. The molecule has 1 aromatic rings. The Bertz CT molecular complexity index is 648. The van der Waals surface area contributed by atoms with Crippen molar-refractivity contribution in [3.8, 4) is 0 Å². The molecule has 0 aliphatic heterocycles. The van der Waals surface area contributed by atoms with Gasteiger partial charge in [-0.2, -0.15) is 13.2 Å². The summed E-state index contributed by atoms with van der Waals surface area (Å²) in [6.07, 6.45) is 1.71. The van der Waals surface area contributed by atoms with Gasteiger partial charge in [0.05, 0.1) is 6.61 Å². The summed E-state index contributed by atoms with van der Waals surface area (Å²) in [6, 6.07) is 7.33. The quantitative estimate of drug-likeness (QED) is 0.173. The zero-order valence-corrected chi connectivity index (χ0v) is 20.7. The van der Waals surface area contributed by atoms with Gasteiger partial charge in [0.2, 0.25) is 0 Å². The molecular weight excluding hydrogens is 522 g/mol. The van der Waals surface area contributed by atoms with Gasteiger partial charge in [0, 0.05) is 33.4 Å². The van der Waals surface area contributed by atoms with E-state index in [1.165, 1.54) is 25.7 Å². The molecule has 0 atom stereocenters. The molecule has 1 aliphatic carbocycles. The Morgan fingerprint density at radius 2 is 1.71 bits per heavy atom. The molecule has 9 heteroatoms. The van der Waals surface area contributed by atoms with Gasteiger partial charge in [-0.3, -0.25) is 4.99 Å². The summed E-state index contributed by atoms with van der Waals surface area (Å²) >= 11 is 0. The molecule has 1 aromatic carbocycles. The van der Waals surface area contributed by atoms with E-state index in [1.54, 1.807) is 19.2 Å². The van der Waals surface area contributed by atoms with Crippen molar-refractivity contribution >= 4 is 29.9 Å². The molecule has 0 heterocycles. The van der Waals surface area contributed by atoms with E-state index in [1.807, 2.05) is 19.1 Å². The first kappa shape index (κ1) is 28.0. The predicted octanol–water partition coefficient (Wildman–Crippen LogP) is 5.04. The van der Waals surface area contributed by atoms with Gasteiger partial charge >= 0.3 is 6.18 Å². The van der Waals surface area contributed by atoms with Crippen molar-refractivity contribution in [1.82, 2.24) is 10.6 Å². The molecule has 5 nitrogen and oxygen atoms in total. The first-order chi connectivity index (χ1) is 14.4. The zero-order chi connectivity index (χ0) is 21.9. The van der Waals surface area contributed by atoms with Gasteiger partial charge < -0.3 is 20.1 Å². The van der Waals surface area contributed by atoms with Gasteiger partial charge in [-0.05, 0) is 42.7 Å². The molecule has 2 rings (SSSR count). The summed E-state index contributed by atoms with van der Waals surface area (Å²) in [7, 11) is 1.75. The van der Waals surface area contributed by atoms with Crippen LogP contribution in [-0.2, 0) is 22.6 Å². The maximum absolute atomic E-state index is 12.1. The summed E-state index contributed by atoms with van der Waals surface area (Å²) in [6.45, 7) is 3.73. The average molecular weight is 557 g/mol. The van der Waals surface area contributed by atoms with Crippen LogP contribution in [0, 0.1) is 5.41 Å². The molecule has 1 saturated carbocycles. The minimum atomic E-state index is -4.30. The standard InChI is InChI=1S/C22H34F3N3O2.HI/c1-3-29-13-12-21(10-4-5-11-21)16-28-20(26-2)27-14-18-6-8-19(9-7-18)15-30-17-22(23,24)25;/h6-9H,3-5,10-17H2,1-2H3,(H2,26,27,28);1H. The Hall–Kier alpha value is -1.07. The highest BCUT2D eigenvalue weighted by atomic mass is 127. The fraction of sp³-hybridized carbons (Fsp3) is 0.682. The van der Waals surface area contributed by atoms with Crippen LogP contribution in [0.1, 0.15) is 50.2 Å². The van der Waals surface area contributed by atoms with Gasteiger partial charge in [-0.1, -0.05) is 37.1 Å². The monoisotopic (exact) mass is 557 g/mol. The molecule has 0 spiro atoms. The second-order valence-electron chi connectivity index (χ2n) is 7.86. The van der Waals surface area contributed by atoms with Gasteiger partial charge in [0.15, 0.2) is 5.96 Å². The Kier molecular flexibility index (Phi) is 12.8. The van der Waals surface area contributed by atoms with E-state index in [4.69, 9.17) is 4.74 Å². The number of nitrogens with one attached hydrogen (secondary N) is 2. The number of aliphatic imine (C=N–C) groups is 1. The van der Waals surface area contributed by atoms with E-state index in [0.717, 1.165) is 37.7 Å². The Balaban J connectivity index is 0.00000480. The third-order valence-electron chi connectivity index (χ3n) is 5.52. The fourth-order valence-corrected chi connectivity index (χ4v) is 3.79. The second-order valence-corrected chi connectivity index (χ2v) is 7.86. The topological polar surface area (TPSA) is 54.9 Å². The lowest BCUT2D eigenvalue weighted by Gasteiger charge is -2.30. The van der Waals surface area contributed by atoms with Crippen LogP contribution in [-0.4, -0.2) is 45.5 Å². The Morgan fingerprint density at radius 3 is 2.29 bits per heavy atom. The van der Waals surface area contributed by atoms with Crippen LogP contribution in [0.3, 0.4) is 0 Å². The predicted molar refractivity (Wildman–Crippen MR) is 128 cm³/mol. The van der Waals surface area contributed by atoms with Crippen LogP contribution in [0.2, 0.25) is 0 Å². The molecule has 0 radical (unpaired) electrons. The number of alkyl halides is 3.